The zero-order valence-corrected chi connectivity index (χ0v) is 8.19. The summed E-state index contributed by atoms with van der Waals surface area (Å²) in [4.78, 5) is 1.01. The van der Waals surface area contributed by atoms with Gasteiger partial charge in [0.05, 0.1) is 4.88 Å². The van der Waals surface area contributed by atoms with E-state index in [1.54, 1.807) is 6.20 Å². The van der Waals surface area contributed by atoms with Crippen molar-refractivity contribution in [3.8, 4) is 0 Å². The van der Waals surface area contributed by atoms with E-state index >= 15 is 0 Å². The Morgan fingerprint density at radius 2 is 2.25 bits per heavy atom. The van der Waals surface area contributed by atoms with Crippen LogP contribution in [0.5, 0.6) is 0 Å². The van der Waals surface area contributed by atoms with Gasteiger partial charge in [0.1, 0.15) is 5.60 Å². The third kappa shape index (κ3) is 0.866. The molecule has 1 heterocycles. The molecule has 3 heteroatoms. The minimum Gasteiger partial charge on any atom is -0.384 e. The van der Waals surface area contributed by atoms with Gasteiger partial charge in [0.15, 0.2) is 0 Å². The molecule has 0 aliphatic heterocycles. The molecule has 0 radical (unpaired) electrons. The minimum atomic E-state index is -0.603. The second-order valence-electron chi connectivity index (χ2n) is 4.12. The first-order valence-corrected chi connectivity index (χ1v) is 4.97. The number of aliphatic hydroxyl groups is 1. The number of aromatic nitrogens is 1. The number of hydrogen-bond acceptors (Lipinski definition) is 3. The average molecular weight is 183 g/mol. The van der Waals surface area contributed by atoms with E-state index in [1.807, 2.05) is 6.07 Å². The quantitative estimate of drug-likeness (QED) is 0.723. The lowest BCUT2D eigenvalue weighted by molar-refractivity contribution is -0.153. The van der Waals surface area contributed by atoms with Crippen LogP contribution in [0.25, 0.3) is 0 Å². The molecule has 0 aromatic carbocycles. The maximum Gasteiger partial charge on any atom is 0.105 e. The van der Waals surface area contributed by atoms with Crippen LogP contribution in [0.15, 0.2) is 12.3 Å². The maximum atomic E-state index is 10.3. The average Bonchev–Trinajstić information content (AvgIpc) is 2.53. The predicted octanol–water partition coefficient (Wildman–Crippen LogP) is 2.15. The van der Waals surface area contributed by atoms with Gasteiger partial charge < -0.3 is 5.11 Å². The first-order valence-electron chi connectivity index (χ1n) is 4.20. The normalized spacial score (nSPS) is 32.9. The summed E-state index contributed by atoms with van der Waals surface area (Å²) in [5, 5.41) is 10.3. The Labute approximate surface area is 76.4 Å². The van der Waals surface area contributed by atoms with Crippen LogP contribution in [0.4, 0.5) is 0 Å². The highest BCUT2D eigenvalue weighted by atomic mass is 32.1. The van der Waals surface area contributed by atoms with Gasteiger partial charge in [-0.2, -0.15) is 0 Å². The molecule has 0 amide bonds. The first-order chi connectivity index (χ1) is 5.56. The Kier molecular flexibility index (Phi) is 1.57. The summed E-state index contributed by atoms with van der Waals surface area (Å²) in [6.45, 7) is 4.21. The van der Waals surface area contributed by atoms with Crippen molar-refractivity contribution in [1.29, 1.82) is 0 Å². The van der Waals surface area contributed by atoms with Gasteiger partial charge in [0, 0.05) is 6.20 Å². The van der Waals surface area contributed by atoms with Crippen LogP contribution in [-0.2, 0) is 5.60 Å². The molecule has 12 heavy (non-hydrogen) atoms. The highest BCUT2D eigenvalue weighted by Crippen LogP contribution is 2.56. The third-order valence-corrected chi connectivity index (χ3v) is 3.97. The van der Waals surface area contributed by atoms with Gasteiger partial charge in [-0.1, -0.05) is 13.8 Å². The molecule has 1 atom stereocenters. The summed E-state index contributed by atoms with van der Waals surface area (Å²) in [5.74, 6) is 0. The van der Waals surface area contributed by atoms with Crippen LogP contribution in [0.2, 0.25) is 0 Å². The van der Waals surface area contributed by atoms with Gasteiger partial charge >= 0.3 is 0 Å². The fraction of sp³-hybridized carbons (Fsp3) is 0.667. The fourth-order valence-electron chi connectivity index (χ4n) is 1.75. The number of rotatable bonds is 1. The van der Waals surface area contributed by atoms with E-state index in [0.29, 0.717) is 0 Å². The van der Waals surface area contributed by atoms with E-state index in [4.69, 9.17) is 0 Å². The molecule has 0 saturated heterocycles. The van der Waals surface area contributed by atoms with Gasteiger partial charge in [-0.15, -0.1) is 0 Å². The van der Waals surface area contributed by atoms with E-state index in [1.165, 1.54) is 11.5 Å². The van der Waals surface area contributed by atoms with Crippen molar-refractivity contribution in [3.63, 3.8) is 0 Å². The first kappa shape index (κ1) is 8.20. The molecule has 1 unspecified atom stereocenters. The van der Waals surface area contributed by atoms with Crippen molar-refractivity contribution in [2.24, 2.45) is 5.41 Å². The second kappa shape index (κ2) is 2.30. The van der Waals surface area contributed by atoms with E-state index in [-0.39, 0.29) is 5.41 Å². The monoisotopic (exact) mass is 183 g/mol. The van der Waals surface area contributed by atoms with Crippen molar-refractivity contribution in [2.75, 3.05) is 0 Å². The summed E-state index contributed by atoms with van der Waals surface area (Å²) in [6, 6.07) is 1.92. The predicted molar refractivity (Wildman–Crippen MR) is 49.0 cm³/mol. The molecule has 0 spiro atoms. The van der Waals surface area contributed by atoms with Gasteiger partial charge in [-0.3, -0.25) is 0 Å². The Morgan fingerprint density at radius 1 is 1.50 bits per heavy atom. The van der Waals surface area contributed by atoms with Crippen molar-refractivity contribution >= 4 is 11.5 Å². The van der Waals surface area contributed by atoms with E-state index in [0.717, 1.165) is 17.7 Å². The van der Waals surface area contributed by atoms with Crippen molar-refractivity contribution < 1.29 is 5.11 Å². The summed E-state index contributed by atoms with van der Waals surface area (Å²) < 4.78 is 4.02. The zero-order chi connectivity index (χ0) is 8.82. The molecular formula is C9H13NOS. The topological polar surface area (TPSA) is 33.1 Å². The lowest BCUT2D eigenvalue weighted by Crippen LogP contribution is -2.50. The van der Waals surface area contributed by atoms with Gasteiger partial charge in [-0.05, 0) is 35.9 Å². The second-order valence-corrected chi connectivity index (χ2v) is 4.95. The molecule has 66 valence electrons. The molecule has 1 N–H and O–H groups in total. The van der Waals surface area contributed by atoms with Crippen LogP contribution < -0.4 is 0 Å². The molecule has 1 aromatic heterocycles. The Hall–Kier alpha value is -0.410. The third-order valence-electron chi connectivity index (χ3n) is 3.08. The highest BCUT2D eigenvalue weighted by molar-refractivity contribution is 7.05. The Balaban J connectivity index is 2.35. The molecule has 1 aromatic rings. The van der Waals surface area contributed by atoms with E-state index in [9.17, 15) is 5.11 Å². The maximum absolute atomic E-state index is 10.3. The molecule has 2 nitrogen and oxygen atoms in total. The number of nitrogens with zero attached hydrogens (tertiary/aromatic N) is 1. The summed E-state index contributed by atoms with van der Waals surface area (Å²) in [5.41, 5.74) is -0.576. The zero-order valence-electron chi connectivity index (χ0n) is 7.37. The Morgan fingerprint density at radius 3 is 2.58 bits per heavy atom. The SMILES string of the molecule is CC1(C)CCC1(O)c1ccns1. The van der Waals surface area contributed by atoms with Crippen molar-refractivity contribution in [3.05, 3.63) is 17.1 Å². The standard InChI is InChI=1S/C9H13NOS/c1-8(2)4-5-9(8,11)7-3-6-10-12-7/h3,6,11H,4-5H2,1-2H3. The lowest BCUT2D eigenvalue weighted by atomic mass is 9.58. The molecule has 1 aliphatic carbocycles. The summed E-state index contributed by atoms with van der Waals surface area (Å²) >= 11 is 1.41. The molecule has 1 fully saturated rings. The largest absolute Gasteiger partial charge is 0.384 e. The van der Waals surface area contributed by atoms with Crippen molar-refractivity contribution in [2.45, 2.75) is 32.3 Å². The molecule has 2 rings (SSSR count). The minimum absolute atomic E-state index is 0.0273. The van der Waals surface area contributed by atoms with Crippen molar-refractivity contribution in [1.82, 2.24) is 4.37 Å². The highest BCUT2D eigenvalue weighted by Gasteiger charge is 2.53. The molecule has 1 saturated carbocycles. The van der Waals surface area contributed by atoms with Crippen LogP contribution in [0, 0.1) is 5.41 Å². The Bertz CT molecular complexity index is 281. The fourth-order valence-corrected chi connectivity index (χ4v) is 2.63. The summed E-state index contributed by atoms with van der Waals surface area (Å²) in [7, 11) is 0. The molecule has 1 aliphatic rings. The van der Waals surface area contributed by atoms with Gasteiger partial charge in [0.2, 0.25) is 0 Å². The van der Waals surface area contributed by atoms with Gasteiger partial charge in [0.25, 0.3) is 0 Å². The van der Waals surface area contributed by atoms with Crippen LogP contribution in [0.1, 0.15) is 31.6 Å². The molecule has 0 bridgehead atoms. The van der Waals surface area contributed by atoms with Gasteiger partial charge in [-0.25, -0.2) is 4.37 Å². The van der Waals surface area contributed by atoms with Crippen LogP contribution in [0.3, 0.4) is 0 Å². The smallest absolute Gasteiger partial charge is 0.105 e. The lowest BCUT2D eigenvalue weighted by Gasteiger charge is -2.51. The molecular weight excluding hydrogens is 170 g/mol. The van der Waals surface area contributed by atoms with E-state index in [2.05, 4.69) is 18.2 Å². The van der Waals surface area contributed by atoms with Crippen LogP contribution >= 0.6 is 11.5 Å². The number of hydrogen-bond donors (Lipinski definition) is 1. The van der Waals surface area contributed by atoms with Crippen LogP contribution in [-0.4, -0.2) is 9.48 Å². The summed E-state index contributed by atoms with van der Waals surface area (Å²) in [6.07, 6.45) is 3.73. The van der Waals surface area contributed by atoms with E-state index < -0.39 is 5.60 Å².